The molecule has 2 heterocycles. The Morgan fingerprint density at radius 3 is 2.06 bits per heavy atom. The lowest BCUT2D eigenvalue weighted by Gasteiger charge is -2.37. The second-order valence-corrected chi connectivity index (χ2v) is 13.5. The van der Waals surface area contributed by atoms with E-state index in [4.69, 9.17) is 15.0 Å². The standard InChI is InChI=1S/C47H34N4/c1-3-17-32-33-22-11-14-25-38(33)47(37(32)4-2)39-26-15-12-24-36(39)42-40(47)29-28-35-34-23-13-16-27-41(34)51(43(35)42)46-49-44(30-18-7-5-8-19-30)48-45(50-46)31-20-9-6-10-21-31/h3-29,33,38H,2H2,1H3. The van der Waals surface area contributed by atoms with Crippen LogP contribution >= 0.6 is 0 Å². The van der Waals surface area contributed by atoms with Crippen molar-refractivity contribution < 1.29 is 0 Å². The van der Waals surface area contributed by atoms with Gasteiger partial charge in [-0.3, -0.25) is 4.57 Å². The summed E-state index contributed by atoms with van der Waals surface area (Å²) in [5, 5.41) is 2.33. The number of benzene rings is 5. The van der Waals surface area contributed by atoms with E-state index in [-0.39, 0.29) is 11.8 Å². The number of rotatable bonds is 5. The predicted molar refractivity (Wildman–Crippen MR) is 209 cm³/mol. The van der Waals surface area contributed by atoms with Gasteiger partial charge >= 0.3 is 0 Å². The van der Waals surface area contributed by atoms with Gasteiger partial charge in [-0.2, -0.15) is 9.97 Å². The molecule has 10 rings (SSSR count). The van der Waals surface area contributed by atoms with E-state index >= 15 is 0 Å². The van der Waals surface area contributed by atoms with Crippen molar-refractivity contribution in [2.24, 2.45) is 11.8 Å². The van der Waals surface area contributed by atoms with Crippen LogP contribution in [0.5, 0.6) is 0 Å². The van der Waals surface area contributed by atoms with E-state index in [2.05, 4.69) is 146 Å². The van der Waals surface area contributed by atoms with Crippen LogP contribution in [0.25, 0.3) is 61.7 Å². The first-order valence-corrected chi connectivity index (χ1v) is 17.6. The highest BCUT2D eigenvalue weighted by molar-refractivity contribution is 6.16. The van der Waals surface area contributed by atoms with Crippen molar-refractivity contribution in [2.45, 2.75) is 12.3 Å². The lowest BCUT2D eigenvalue weighted by atomic mass is 9.64. The molecule has 3 atom stereocenters. The zero-order chi connectivity index (χ0) is 34.1. The molecule has 3 aliphatic rings. The highest BCUT2D eigenvalue weighted by Gasteiger charge is 2.57. The summed E-state index contributed by atoms with van der Waals surface area (Å²) in [5.41, 5.74) is 11.3. The number of para-hydroxylation sites is 1. The van der Waals surface area contributed by atoms with Crippen molar-refractivity contribution in [3.63, 3.8) is 0 Å². The Morgan fingerprint density at radius 1 is 0.667 bits per heavy atom. The molecule has 242 valence electrons. The monoisotopic (exact) mass is 654 g/mol. The Morgan fingerprint density at radius 2 is 1.33 bits per heavy atom. The predicted octanol–water partition coefficient (Wildman–Crippen LogP) is 11.0. The molecule has 0 amide bonds. The van der Waals surface area contributed by atoms with E-state index in [9.17, 15) is 0 Å². The molecule has 0 aliphatic heterocycles. The highest BCUT2D eigenvalue weighted by atomic mass is 15.2. The fraction of sp³-hybridized carbons (Fsp3) is 0.0851. The van der Waals surface area contributed by atoms with Crippen LogP contribution in [-0.4, -0.2) is 19.5 Å². The first kappa shape index (κ1) is 29.5. The van der Waals surface area contributed by atoms with Gasteiger partial charge in [-0.1, -0.05) is 164 Å². The van der Waals surface area contributed by atoms with Gasteiger partial charge in [-0.25, -0.2) is 4.98 Å². The summed E-state index contributed by atoms with van der Waals surface area (Å²) in [6, 6.07) is 42.7. The fourth-order valence-electron chi connectivity index (χ4n) is 9.17. The lowest BCUT2D eigenvalue weighted by Crippen LogP contribution is -2.34. The molecule has 0 fully saturated rings. The van der Waals surface area contributed by atoms with Gasteiger partial charge in [0.15, 0.2) is 11.6 Å². The van der Waals surface area contributed by atoms with Crippen molar-refractivity contribution >= 4 is 21.8 Å². The Bertz CT molecular complexity index is 2620. The van der Waals surface area contributed by atoms with Crippen molar-refractivity contribution in [1.82, 2.24) is 19.5 Å². The first-order chi connectivity index (χ1) is 25.2. The molecule has 5 aromatic carbocycles. The molecule has 2 aromatic heterocycles. The molecule has 4 heteroatoms. The topological polar surface area (TPSA) is 43.6 Å². The maximum atomic E-state index is 5.26. The minimum atomic E-state index is -0.409. The lowest BCUT2D eigenvalue weighted by molar-refractivity contribution is 0.435. The summed E-state index contributed by atoms with van der Waals surface area (Å²) < 4.78 is 2.28. The van der Waals surface area contributed by atoms with Gasteiger partial charge in [0.2, 0.25) is 5.95 Å². The van der Waals surface area contributed by atoms with Gasteiger partial charge in [-0.05, 0) is 40.8 Å². The van der Waals surface area contributed by atoms with Crippen molar-refractivity contribution in [3.05, 3.63) is 193 Å². The average Bonchev–Trinajstić information content (AvgIpc) is 3.80. The van der Waals surface area contributed by atoms with Crippen LogP contribution in [0, 0.1) is 11.8 Å². The highest BCUT2D eigenvalue weighted by Crippen LogP contribution is 2.65. The Kier molecular flexibility index (Phi) is 6.56. The van der Waals surface area contributed by atoms with Gasteiger partial charge < -0.3 is 0 Å². The molecule has 7 aromatic rings. The van der Waals surface area contributed by atoms with Gasteiger partial charge in [0.25, 0.3) is 0 Å². The summed E-state index contributed by atoms with van der Waals surface area (Å²) >= 11 is 0. The fourth-order valence-corrected chi connectivity index (χ4v) is 9.17. The van der Waals surface area contributed by atoms with Crippen LogP contribution in [0.3, 0.4) is 0 Å². The Balaban J connectivity index is 1.36. The van der Waals surface area contributed by atoms with E-state index in [0.29, 0.717) is 17.6 Å². The number of nitrogens with zero attached hydrogens (tertiary/aromatic N) is 4. The van der Waals surface area contributed by atoms with Gasteiger partial charge in [0, 0.05) is 39.3 Å². The molecule has 0 N–H and O–H groups in total. The molecule has 0 saturated heterocycles. The second-order valence-electron chi connectivity index (χ2n) is 13.5. The third-order valence-electron chi connectivity index (χ3n) is 11.1. The molecular weight excluding hydrogens is 621 g/mol. The van der Waals surface area contributed by atoms with E-state index in [1.54, 1.807) is 0 Å². The zero-order valence-corrected chi connectivity index (χ0v) is 28.2. The van der Waals surface area contributed by atoms with Crippen LogP contribution in [0.15, 0.2) is 182 Å². The van der Waals surface area contributed by atoms with Crippen LogP contribution in [0.4, 0.5) is 0 Å². The summed E-state index contributed by atoms with van der Waals surface area (Å²) in [6.07, 6.45) is 15.8. The van der Waals surface area contributed by atoms with Gasteiger partial charge in [0.05, 0.1) is 16.4 Å². The van der Waals surface area contributed by atoms with Crippen molar-refractivity contribution in [3.8, 4) is 39.9 Å². The number of allylic oxidation sites excluding steroid dienone is 9. The van der Waals surface area contributed by atoms with Crippen molar-refractivity contribution in [1.29, 1.82) is 0 Å². The maximum Gasteiger partial charge on any atom is 0.238 e. The van der Waals surface area contributed by atoms with E-state index in [0.717, 1.165) is 27.5 Å². The van der Waals surface area contributed by atoms with Crippen LogP contribution in [0.1, 0.15) is 18.1 Å². The van der Waals surface area contributed by atoms with Crippen LogP contribution < -0.4 is 0 Å². The summed E-state index contributed by atoms with van der Waals surface area (Å²) in [6.45, 7) is 6.57. The molecule has 3 unspecified atom stereocenters. The largest absolute Gasteiger partial charge is 0.277 e. The van der Waals surface area contributed by atoms with Crippen LogP contribution in [-0.2, 0) is 5.41 Å². The summed E-state index contributed by atoms with van der Waals surface area (Å²) in [4.78, 5) is 15.6. The van der Waals surface area contributed by atoms with Crippen LogP contribution in [0.2, 0.25) is 0 Å². The number of aromatic nitrogens is 4. The molecule has 51 heavy (non-hydrogen) atoms. The average molecular weight is 655 g/mol. The molecule has 0 bridgehead atoms. The van der Waals surface area contributed by atoms with Gasteiger partial charge in [0.1, 0.15) is 0 Å². The number of hydrogen-bond donors (Lipinski definition) is 0. The van der Waals surface area contributed by atoms with E-state index in [1.807, 2.05) is 36.4 Å². The summed E-state index contributed by atoms with van der Waals surface area (Å²) in [5.74, 6) is 2.32. The third-order valence-corrected chi connectivity index (χ3v) is 11.1. The third kappa shape index (κ3) is 4.05. The van der Waals surface area contributed by atoms with Gasteiger partial charge in [-0.15, -0.1) is 0 Å². The normalized spacial score (nSPS) is 20.1. The van der Waals surface area contributed by atoms with E-state index < -0.39 is 5.41 Å². The molecular formula is C47H34N4. The SMILES string of the molecule is C=CC1=C(C=CC)C2C=CC=CC2C12c1ccccc1-c1c2ccc2c3ccccc3n(-c3nc(-c4ccccc4)nc(-c4ccccc4)n3)c12. The number of hydrogen-bond acceptors (Lipinski definition) is 3. The quantitative estimate of drug-likeness (QED) is 0.186. The number of fused-ring (bicyclic) bond motifs is 11. The molecule has 1 spiro atoms. The molecule has 0 saturated carbocycles. The molecule has 4 nitrogen and oxygen atoms in total. The Hall–Kier alpha value is -6.39. The maximum absolute atomic E-state index is 5.26. The minimum Gasteiger partial charge on any atom is -0.277 e. The molecule has 3 aliphatic carbocycles. The second kappa shape index (κ2) is 11.3. The van der Waals surface area contributed by atoms with E-state index in [1.165, 1.54) is 38.8 Å². The summed E-state index contributed by atoms with van der Waals surface area (Å²) in [7, 11) is 0. The Labute approximate surface area is 297 Å². The zero-order valence-electron chi connectivity index (χ0n) is 28.2. The van der Waals surface area contributed by atoms with Crippen molar-refractivity contribution in [2.75, 3.05) is 0 Å². The minimum absolute atomic E-state index is 0.200. The first-order valence-electron chi connectivity index (χ1n) is 17.6. The smallest absolute Gasteiger partial charge is 0.238 e. The molecule has 0 radical (unpaired) electrons.